The predicted molar refractivity (Wildman–Crippen MR) is 69.5 cm³/mol. The van der Waals surface area contributed by atoms with Gasteiger partial charge in [0.25, 0.3) is 5.24 Å². The number of carbonyl (C=O) groups excluding carboxylic acids is 2. The lowest BCUT2D eigenvalue weighted by Gasteiger charge is -2.28. The second-order valence-electron chi connectivity index (χ2n) is 5.09. The minimum Gasteiger partial charge on any atom is -0.391 e. The second-order valence-corrected chi connectivity index (χ2v) is 6.08. The van der Waals surface area contributed by atoms with Crippen LogP contribution in [0.4, 0.5) is 4.79 Å². The summed E-state index contributed by atoms with van der Waals surface area (Å²) in [5, 5.41) is 12.2. The van der Waals surface area contributed by atoms with Crippen LogP contribution in [0.5, 0.6) is 0 Å². The van der Waals surface area contributed by atoms with E-state index in [0.717, 1.165) is 18.3 Å². The Labute approximate surface area is 111 Å². The third kappa shape index (κ3) is 2.96. The number of carbonyl (C=O) groups is 2. The zero-order valence-electron chi connectivity index (χ0n) is 10.6. The molecule has 2 amide bonds. The Morgan fingerprint density at radius 2 is 2.33 bits per heavy atom. The third-order valence-electron chi connectivity index (χ3n) is 3.22. The fourth-order valence-electron chi connectivity index (χ4n) is 2.47. The molecule has 2 heterocycles. The van der Waals surface area contributed by atoms with Gasteiger partial charge in [-0.15, -0.1) is 0 Å². The van der Waals surface area contributed by atoms with Crippen molar-refractivity contribution in [1.29, 1.82) is 0 Å². The van der Waals surface area contributed by atoms with Crippen molar-refractivity contribution in [3.8, 4) is 0 Å². The normalized spacial score (nSPS) is 32.1. The summed E-state index contributed by atoms with van der Waals surface area (Å²) in [4.78, 5) is 27.1. The van der Waals surface area contributed by atoms with Gasteiger partial charge in [-0.25, -0.2) is 0 Å². The number of likely N-dealkylation sites (tertiary alicyclic amines) is 1. The van der Waals surface area contributed by atoms with E-state index in [9.17, 15) is 14.7 Å². The van der Waals surface area contributed by atoms with Crippen molar-refractivity contribution in [2.45, 2.75) is 24.6 Å². The van der Waals surface area contributed by atoms with Crippen LogP contribution in [-0.4, -0.2) is 77.2 Å². The fourth-order valence-corrected chi connectivity index (χ4v) is 3.24. The standard InChI is InChI=1S/C11H19N3O3S/c1-13(2)4-7-3-8(15)5-14(7)10(16)9-6-18-11(17)12-9/h7-9,15H,3-6H2,1-2H3,(H,12,17). The Morgan fingerprint density at radius 1 is 1.61 bits per heavy atom. The van der Waals surface area contributed by atoms with Gasteiger partial charge in [0, 0.05) is 24.9 Å². The Hall–Kier alpha value is -0.790. The van der Waals surface area contributed by atoms with Crippen LogP contribution in [0.3, 0.4) is 0 Å². The minimum atomic E-state index is -0.455. The van der Waals surface area contributed by atoms with Crippen LogP contribution in [0.1, 0.15) is 6.42 Å². The number of nitrogens with zero attached hydrogens (tertiary/aromatic N) is 2. The summed E-state index contributed by atoms with van der Waals surface area (Å²) < 4.78 is 0. The molecule has 2 aliphatic heterocycles. The topological polar surface area (TPSA) is 72.9 Å². The molecule has 6 nitrogen and oxygen atoms in total. The van der Waals surface area contributed by atoms with Gasteiger partial charge in [-0.2, -0.15) is 0 Å². The largest absolute Gasteiger partial charge is 0.391 e. The zero-order valence-corrected chi connectivity index (χ0v) is 11.4. The number of β-amino-alcohol motifs (C(OH)–C–C–N with tert-alkyl or cyclic N) is 1. The summed E-state index contributed by atoms with van der Waals surface area (Å²) in [5.41, 5.74) is 0. The van der Waals surface area contributed by atoms with Crippen LogP contribution in [0.2, 0.25) is 0 Å². The van der Waals surface area contributed by atoms with Crippen LogP contribution in [-0.2, 0) is 4.79 Å². The fraction of sp³-hybridized carbons (Fsp3) is 0.818. The van der Waals surface area contributed by atoms with E-state index in [-0.39, 0.29) is 17.2 Å². The smallest absolute Gasteiger partial charge is 0.279 e. The first-order valence-electron chi connectivity index (χ1n) is 6.04. The van der Waals surface area contributed by atoms with Gasteiger partial charge in [-0.3, -0.25) is 9.59 Å². The first-order valence-corrected chi connectivity index (χ1v) is 7.02. The highest BCUT2D eigenvalue weighted by Crippen LogP contribution is 2.22. The molecule has 0 aromatic heterocycles. The average Bonchev–Trinajstić information content (AvgIpc) is 2.83. The van der Waals surface area contributed by atoms with Crippen molar-refractivity contribution >= 4 is 22.9 Å². The lowest BCUT2D eigenvalue weighted by atomic mass is 10.2. The third-order valence-corrected chi connectivity index (χ3v) is 4.10. The molecular formula is C11H19N3O3S. The number of hydrogen-bond donors (Lipinski definition) is 2. The lowest BCUT2D eigenvalue weighted by Crippen LogP contribution is -2.49. The number of hydrogen-bond acceptors (Lipinski definition) is 5. The maximum Gasteiger partial charge on any atom is 0.279 e. The second kappa shape index (κ2) is 5.46. The number of rotatable bonds is 3. The highest BCUT2D eigenvalue weighted by Gasteiger charge is 2.39. The van der Waals surface area contributed by atoms with Gasteiger partial charge < -0.3 is 20.2 Å². The molecule has 3 atom stereocenters. The van der Waals surface area contributed by atoms with Crippen LogP contribution in [0.15, 0.2) is 0 Å². The van der Waals surface area contributed by atoms with Crippen molar-refractivity contribution in [2.24, 2.45) is 0 Å². The molecule has 2 fully saturated rings. The summed E-state index contributed by atoms with van der Waals surface area (Å²) >= 11 is 1.14. The van der Waals surface area contributed by atoms with Gasteiger partial charge in [-0.1, -0.05) is 11.8 Å². The molecule has 0 saturated carbocycles. The van der Waals surface area contributed by atoms with E-state index >= 15 is 0 Å². The molecule has 18 heavy (non-hydrogen) atoms. The molecule has 2 aliphatic rings. The predicted octanol–water partition coefficient (Wildman–Crippen LogP) is -0.665. The highest BCUT2D eigenvalue weighted by atomic mass is 32.2. The van der Waals surface area contributed by atoms with Gasteiger partial charge in [0.05, 0.1) is 6.10 Å². The molecule has 0 aliphatic carbocycles. The molecule has 0 radical (unpaired) electrons. The molecule has 0 aromatic rings. The van der Waals surface area contributed by atoms with Crippen molar-refractivity contribution in [1.82, 2.24) is 15.1 Å². The van der Waals surface area contributed by atoms with Crippen molar-refractivity contribution in [2.75, 3.05) is 32.9 Å². The van der Waals surface area contributed by atoms with E-state index in [2.05, 4.69) is 5.32 Å². The molecule has 7 heteroatoms. The zero-order chi connectivity index (χ0) is 13.3. The molecule has 3 unspecified atom stereocenters. The van der Waals surface area contributed by atoms with Crippen LogP contribution in [0.25, 0.3) is 0 Å². The number of amides is 2. The van der Waals surface area contributed by atoms with E-state index in [1.807, 2.05) is 19.0 Å². The van der Waals surface area contributed by atoms with Gasteiger partial charge in [-0.05, 0) is 20.5 Å². The summed E-state index contributed by atoms with van der Waals surface area (Å²) in [6.45, 7) is 1.10. The molecule has 0 bridgehead atoms. The van der Waals surface area contributed by atoms with Gasteiger partial charge in [0.15, 0.2) is 0 Å². The first kappa shape index (κ1) is 13.6. The minimum absolute atomic E-state index is 0.0324. The molecule has 0 spiro atoms. The van der Waals surface area contributed by atoms with Gasteiger partial charge >= 0.3 is 0 Å². The van der Waals surface area contributed by atoms with Crippen molar-refractivity contribution < 1.29 is 14.7 Å². The number of thioether (sulfide) groups is 1. The number of aliphatic hydroxyl groups is 1. The summed E-state index contributed by atoms with van der Waals surface area (Å²) in [5.74, 6) is 0.413. The Balaban J connectivity index is 2.01. The monoisotopic (exact) mass is 273 g/mol. The van der Waals surface area contributed by atoms with Gasteiger partial charge in [0.2, 0.25) is 5.91 Å². The molecule has 2 N–H and O–H groups in total. The van der Waals surface area contributed by atoms with E-state index in [0.29, 0.717) is 18.7 Å². The number of nitrogens with one attached hydrogen (secondary N) is 1. The molecule has 2 rings (SSSR count). The highest BCUT2D eigenvalue weighted by molar-refractivity contribution is 8.14. The lowest BCUT2D eigenvalue weighted by molar-refractivity contribution is -0.133. The number of aliphatic hydroxyl groups excluding tert-OH is 1. The SMILES string of the molecule is CN(C)CC1CC(O)CN1C(=O)C1CSC(=O)N1. The maximum absolute atomic E-state index is 12.3. The molecule has 102 valence electrons. The van der Waals surface area contributed by atoms with Gasteiger partial charge in [0.1, 0.15) is 6.04 Å². The van der Waals surface area contributed by atoms with Crippen LogP contribution in [0, 0.1) is 0 Å². The Kier molecular flexibility index (Phi) is 4.14. The quantitative estimate of drug-likeness (QED) is 0.714. The first-order chi connectivity index (χ1) is 8.47. The molecule has 0 aromatic carbocycles. The van der Waals surface area contributed by atoms with E-state index in [1.54, 1.807) is 4.90 Å². The van der Waals surface area contributed by atoms with Crippen LogP contribution < -0.4 is 5.32 Å². The summed E-state index contributed by atoms with van der Waals surface area (Å²) in [6.07, 6.45) is 0.154. The Morgan fingerprint density at radius 3 is 2.89 bits per heavy atom. The molecule has 2 saturated heterocycles. The van der Waals surface area contributed by atoms with Crippen molar-refractivity contribution in [3.05, 3.63) is 0 Å². The summed E-state index contributed by atoms with van der Waals surface area (Å²) in [6, 6.07) is -0.400. The average molecular weight is 273 g/mol. The van der Waals surface area contributed by atoms with Crippen LogP contribution >= 0.6 is 11.8 Å². The van der Waals surface area contributed by atoms with E-state index in [1.165, 1.54) is 0 Å². The van der Waals surface area contributed by atoms with Crippen molar-refractivity contribution in [3.63, 3.8) is 0 Å². The molecular weight excluding hydrogens is 254 g/mol. The Bertz CT molecular complexity index is 350. The summed E-state index contributed by atoms with van der Waals surface area (Å²) in [7, 11) is 3.89. The van der Waals surface area contributed by atoms with E-state index < -0.39 is 12.1 Å². The van der Waals surface area contributed by atoms with E-state index in [4.69, 9.17) is 0 Å². The maximum atomic E-state index is 12.3. The number of likely N-dealkylation sites (N-methyl/N-ethyl adjacent to an activating group) is 1.